The highest BCUT2D eigenvalue weighted by molar-refractivity contribution is 6.05. The fourth-order valence-corrected chi connectivity index (χ4v) is 3.28. The maximum absolute atomic E-state index is 12.3. The van der Waals surface area contributed by atoms with Crippen molar-refractivity contribution >= 4 is 17.5 Å². The molecule has 132 valence electrons. The molecule has 2 amide bonds. The number of hydrogen-bond acceptors (Lipinski definition) is 4. The van der Waals surface area contributed by atoms with Crippen molar-refractivity contribution in [3.05, 3.63) is 41.0 Å². The Hall–Kier alpha value is -2.70. The summed E-state index contributed by atoms with van der Waals surface area (Å²) >= 11 is 0. The minimum Gasteiger partial charge on any atom is -0.349 e. The Morgan fingerprint density at radius 1 is 1.36 bits per heavy atom. The minimum atomic E-state index is -0.442. The third-order valence-corrected chi connectivity index (χ3v) is 4.44. The van der Waals surface area contributed by atoms with E-state index in [0.717, 1.165) is 41.2 Å². The van der Waals surface area contributed by atoms with Crippen molar-refractivity contribution in [3.63, 3.8) is 0 Å². The van der Waals surface area contributed by atoms with Crippen molar-refractivity contribution in [1.82, 2.24) is 20.1 Å². The zero-order valence-electron chi connectivity index (χ0n) is 14.8. The van der Waals surface area contributed by atoms with E-state index in [1.54, 1.807) is 6.33 Å². The van der Waals surface area contributed by atoms with E-state index in [1.807, 2.05) is 30.5 Å². The van der Waals surface area contributed by atoms with Crippen LogP contribution in [0.1, 0.15) is 48.2 Å². The number of nitrogens with one attached hydrogen (secondary N) is 2. The summed E-state index contributed by atoms with van der Waals surface area (Å²) in [6.45, 7) is 7.16. The van der Waals surface area contributed by atoms with Gasteiger partial charge in [-0.05, 0) is 31.4 Å². The topological polar surface area (TPSA) is 88.9 Å². The molecule has 3 rings (SSSR count). The number of anilines is 1. The fourth-order valence-electron chi connectivity index (χ4n) is 3.28. The van der Waals surface area contributed by atoms with Gasteiger partial charge in [0.05, 0.1) is 12.5 Å². The van der Waals surface area contributed by atoms with Crippen LogP contribution in [0.15, 0.2) is 18.5 Å². The predicted molar refractivity (Wildman–Crippen MR) is 94.1 cm³/mol. The van der Waals surface area contributed by atoms with Crippen molar-refractivity contribution in [2.24, 2.45) is 0 Å². The van der Waals surface area contributed by atoms with E-state index in [0.29, 0.717) is 6.54 Å². The molecule has 0 spiro atoms. The first-order valence-electron chi connectivity index (χ1n) is 8.55. The van der Waals surface area contributed by atoms with Gasteiger partial charge in [0.25, 0.3) is 0 Å². The highest BCUT2D eigenvalue weighted by Crippen LogP contribution is 2.37. The van der Waals surface area contributed by atoms with Crippen LogP contribution in [0.25, 0.3) is 0 Å². The van der Waals surface area contributed by atoms with Crippen molar-refractivity contribution in [1.29, 1.82) is 0 Å². The summed E-state index contributed by atoms with van der Waals surface area (Å²) in [5.41, 5.74) is 3.87. The highest BCUT2D eigenvalue weighted by atomic mass is 16.2. The lowest BCUT2D eigenvalue weighted by molar-refractivity contribution is -0.125. The van der Waals surface area contributed by atoms with Crippen LogP contribution in [0, 0.1) is 13.8 Å². The monoisotopic (exact) mass is 341 g/mol. The van der Waals surface area contributed by atoms with Crippen LogP contribution >= 0.6 is 0 Å². The molecule has 1 aliphatic heterocycles. The maximum Gasteiger partial charge on any atom is 0.232 e. The number of carbonyl (C=O) groups excluding carboxylic acids is 2. The first-order chi connectivity index (χ1) is 12.0. The maximum atomic E-state index is 12.3. The van der Waals surface area contributed by atoms with Gasteiger partial charge in [-0.2, -0.15) is 0 Å². The van der Waals surface area contributed by atoms with Gasteiger partial charge in [0, 0.05) is 18.7 Å². The molecular formula is C18H23N5O2. The molecule has 1 aliphatic rings. The molecule has 0 fully saturated rings. The van der Waals surface area contributed by atoms with Gasteiger partial charge in [0.15, 0.2) is 5.82 Å². The van der Waals surface area contributed by atoms with Crippen LogP contribution in [0.5, 0.6) is 0 Å². The third-order valence-electron chi connectivity index (χ3n) is 4.44. The lowest BCUT2D eigenvalue weighted by Gasteiger charge is -2.11. The van der Waals surface area contributed by atoms with E-state index in [2.05, 4.69) is 27.8 Å². The molecule has 7 nitrogen and oxygen atoms in total. The van der Waals surface area contributed by atoms with E-state index < -0.39 is 5.92 Å². The molecule has 0 unspecified atom stereocenters. The van der Waals surface area contributed by atoms with Crippen molar-refractivity contribution in [3.8, 4) is 0 Å². The van der Waals surface area contributed by atoms with Gasteiger partial charge in [0.2, 0.25) is 11.8 Å². The number of amides is 2. The Labute approximate surface area is 146 Å². The summed E-state index contributed by atoms with van der Waals surface area (Å²) < 4.78 is 1.92. The summed E-state index contributed by atoms with van der Waals surface area (Å²) in [4.78, 5) is 24.6. The van der Waals surface area contributed by atoms with Crippen molar-refractivity contribution in [2.45, 2.75) is 52.6 Å². The summed E-state index contributed by atoms with van der Waals surface area (Å²) in [5.74, 6) is -0.00789. The minimum absolute atomic E-state index is 0.118. The Kier molecular flexibility index (Phi) is 4.83. The smallest absolute Gasteiger partial charge is 0.232 e. The molecule has 0 saturated carbocycles. The van der Waals surface area contributed by atoms with E-state index >= 15 is 0 Å². The Morgan fingerprint density at radius 2 is 2.16 bits per heavy atom. The number of hydrogen-bond donors (Lipinski definition) is 2. The Balaban J connectivity index is 1.66. The lowest BCUT2D eigenvalue weighted by Crippen LogP contribution is -2.28. The number of aryl methyl sites for hydroxylation is 3. The van der Waals surface area contributed by atoms with Gasteiger partial charge >= 0.3 is 0 Å². The summed E-state index contributed by atoms with van der Waals surface area (Å²) in [7, 11) is 0. The fraction of sp³-hybridized carbons (Fsp3) is 0.444. The number of fused-ring (bicyclic) bond motifs is 1. The van der Waals surface area contributed by atoms with Gasteiger partial charge < -0.3 is 15.2 Å². The Bertz CT molecular complexity index is 812. The average Bonchev–Trinajstić information content (AvgIpc) is 3.12. The van der Waals surface area contributed by atoms with Crippen LogP contribution < -0.4 is 10.6 Å². The van der Waals surface area contributed by atoms with Gasteiger partial charge in [-0.15, -0.1) is 10.2 Å². The molecule has 0 bridgehead atoms. The highest BCUT2D eigenvalue weighted by Gasteiger charge is 2.33. The molecule has 0 saturated heterocycles. The van der Waals surface area contributed by atoms with Gasteiger partial charge in [-0.25, -0.2) is 0 Å². The zero-order chi connectivity index (χ0) is 18.0. The summed E-state index contributed by atoms with van der Waals surface area (Å²) in [6, 6.07) is 4.01. The molecule has 7 heteroatoms. The normalized spacial score (nSPS) is 15.8. The van der Waals surface area contributed by atoms with Gasteiger partial charge in [0.1, 0.15) is 6.33 Å². The average molecular weight is 341 g/mol. The predicted octanol–water partition coefficient (Wildman–Crippen LogP) is 2.05. The van der Waals surface area contributed by atoms with E-state index in [4.69, 9.17) is 0 Å². The molecule has 2 aromatic rings. The van der Waals surface area contributed by atoms with Crippen molar-refractivity contribution < 1.29 is 9.59 Å². The summed E-state index contributed by atoms with van der Waals surface area (Å²) in [6.07, 6.45) is 2.76. The summed E-state index contributed by atoms with van der Waals surface area (Å²) in [5, 5.41) is 13.7. The van der Waals surface area contributed by atoms with Gasteiger partial charge in [-0.1, -0.05) is 24.6 Å². The second-order valence-electron chi connectivity index (χ2n) is 6.51. The second kappa shape index (κ2) is 7.04. The van der Waals surface area contributed by atoms with Crippen LogP contribution in [0.3, 0.4) is 0 Å². The van der Waals surface area contributed by atoms with Crippen LogP contribution in [0.4, 0.5) is 5.69 Å². The largest absolute Gasteiger partial charge is 0.349 e. The molecule has 2 N–H and O–H groups in total. The second-order valence-corrected chi connectivity index (χ2v) is 6.51. The lowest BCUT2D eigenvalue weighted by atomic mass is 9.94. The van der Waals surface area contributed by atoms with E-state index in [1.165, 1.54) is 0 Å². The van der Waals surface area contributed by atoms with Crippen molar-refractivity contribution in [2.75, 3.05) is 5.32 Å². The Morgan fingerprint density at radius 3 is 2.92 bits per heavy atom. The molecule has 2 heterocycles. The number of benzene rings is 1. The molecule has 25 heavy (non-hydrogen) atoms. The first-order valence-corrected chi connectivity index (χ1v) is 8.55. The van der Waals surface area contributed by atoms with E-state index in [9.17, 15) is 9.59 Å². The number of carbonyl (C=O) groups is 2. The number of nitrogens with zero attached hydrogens (tertiary/aromatic N) is 3. The first kappa shape index (κ1) is 17.1. The SMILES string of the molecule is CCCn1cnnc1CNC(=O)C[C@H]1C(=O)Nc2c(C)cc(C)cc21. The van der Waals surface area contributed by atoms with Gasteiger partial charge in [-0.3, -0.25) is 9.59 Å². The molecule has 1 atom stereocenters. The molecule has 1 aromatic carbocycles. The standard InChI is InChI=1S/C18H23N5O2/c1-4-5-23-10-20-22-15(23)9-19-16(24)8-14-13-7-11(2)6-12(3)17(13)21-18(14)25/h6-7,10,14H,4-5,8-9H2,1-3H3,(H,19,24)(H,21,25)/t14-/m1/s1. The van der Waals surface area contributed by atoms with E-state index in [-0.39, 0.29) is 18.2 Å². The molecule has 0 radical (unpaired) electrons. The zero-order valence-corrected chi connectivity index (χ0v) is 14.8. The number of rotatable bonds is 6. The molecule has 0 aliphatic carbocycles. The number of aromatic nitrogens is 3. The van der Waals surface area contributed by atoms with Crippen LogP contribution in [-0.2, 0) is 22.7 Å². The van der Waals surface area contributed by atoms with Crippen LogP contribution in [-0.4, -0.2) is 26.6 Å². The molecular weight excluding hydrogens is 318 g/mol. The quantitative estimate of drug-likeness (QED) is 0.841. The third kappa shape index (κ3) is 3.55. The molecule has 1 aromatic heterocycles. The van der Waals surface area contributed by atoms with Crippen LogP contribution in [0.2, 0.25) is 0 Å².